The molecule has 1 heterocycles. The second-order valence-corrected chi connectivity index (χ2v) is 9.94. The molecule has 1 aromatic carbocycles. The first-order valence-corrected chi connectivity index (χ1v) is 11.3. The van der Waals surface area contributed by atoms with Gasteiger partial charge in [-0.05, 0) is 30.4 Å². The number of amides is 1. The number of aromatic nitrogens is 2. The molecule has 0 unspecified atom stereocenters. The standard InChI is InChI=1S/C18H23N3O3S2/c1-13-6-2-5-9-15(13)12-26(23,24)18-21-20-17(25-18)19-16(22)11-10-14-7-3-4-8-14/h2,5-6,9,14H,3-4,7-8,10-12H2,1H3,(H,19,20,22). The van der Waals surface area contributed by atoms with Crippen LogP contribution >= 0.6 is 11.3 Å². The first kappa shape index (κ1) is 19.0. The van der Waals surface area contributed by atoms with Gasteiger partial charge in [-0.1, -0.05) is 61.3 Å². The molecular weight excluding hydrogens is 370 g/mol. The molecular formula is C18H23N3O3S2. The lowest BCUT2D eigenvalue weighted by Crippen LogP contribution is -2.12. The molecule has 3 rings (SSSR count). The van der Waals surface area contributed by atoms with E-state index >= 15 is 0 Å². The lowest BCUT2D eigenvalue weighted by molar-refractivity contribution is -0.116. The number of nitrogens with zero attached hydrogens (tertiary/aromatic N) is 2. The number of carbonyl (C=O) groups is 1. The van der Waals surface area contributed by atoms with Crippen molar-refractivity contribution >= 4 is 32.2 Å². The van der Waals surface area contributed by atoms with Gasteiger partial charge in [0.1, 0.15) is 0 Å². The topological polar surface area (TPSA) is 89.0 Å². The molecule has 2 aromatic rings. The Balaban J connectivity index is 1.59. The number of sulfone groups is 1. The fourth-order valence-electron chi connectivity index (χ4n) is 3.24. The van der Waals surface area contributed by atoms with Gasteiger partial charge in [-0.15, -0.1) is 10.2 Å². The monoisotopic (exact) mass is 393 g/mol. The van der Waals surface area contributed by atoms with Crippen molar-refractivity contribution in [1.82, 2.24) is 10.2 Å². The Morgan fingerprint density at radius 2 is 1.96 bits per heavy atom. The molecule has 1 N–H and O–H groups in total. The van der Waals surface area contributed by atoms with Crippen LogP contribution in [0, 0.1) is 12.8 Å². The van der Waals surface area contributed by atoms with Crippen LogP contribution in [0.25, 0.3) is 0 Å². The number of rotatable bonds is 7. The summed E-state index contributed by atoms with van der Waals surface area (Å²) in [7, 11) is -3.58. The van der Waals surface area contributed by atoms with Crippen molar-refractivity contribution in [2.24, 2.45) is 5.92 Å². The molecule has 1 aliphatic rings. The van der Waals surface area contributed by atoms with Crippen LogP contribution in [0.1, 0.15) is 49.7 Å². The molecule has 0 aliphatic heterocycles. The second kappa shape index (κ2) is 8.26. The summed E-state index contributed by atoms with van der Waals surface area (Å²) in [6, 6.07) is 7.35. The lowest BCUT2D eigenvalue weighted by Gasteiger charge is -2.07. The maximum absolute atomic E-state index is 12.5. The van der Waals surface area contributed by atoms with Gasteiger partial charge in [0.2, 0.25) is 25.2 Å². The number of nitrogens with one attached hydrogen (secondary N) is 1. The van der Waals surface area contributed by atoms with E-state index in [1.54, 1.807) is 6.07 Å². The minimum atomic E-state index is -3.58. The van der Waals surface area contributed by atoms with Gasteiger partial charge in [0, 0.05) is 6.42 Å². The molecule has 6 nitrogen and oxygen atoms in total. The van der Waals surface area contributed by atoms with Crippen LogP contribution in [0.3, 0.4) is 0 Å². The molecule has 8 heteroatoms. The number of carbonyl (C=O) groups excluding carboxylic acids is 1. The quantitative estimate of drug-likeness (QED) is 0.724. The van der Waals surface area contributed by atoms with Crippen molar-refractivity contribution in [2.75, 3.05) is 5.32 Å². The zero-order valence-electron chi connectivity index (χ0n) is 14.8. The summed E-state index contributed by atoms with van der Waals surface area (Å²) in [5.74, 6) is 0.389. The zero-order chi connectivity index (χ0) is 18.6. The molecule has 1 aromatic heterocycles. The normalized spacial score (nSPS) is 15.3. The van der Waals surface area contributed by atoms with Crippen LogP contribution in [0.5, 0.6) is 0 Å². The molecule has 1 aliphatic carbocycles. The average molecular weight is 394 g/mol. The van der Waals surface area contributed by atoms with Gasteiger partial charge in [0.25, 0.3) is 0 Å². The van der Waals surface area contributed by atoms with E-state index in [0.717, 1.165) is 28.9 Å². The van der Waals surface area contributed by atoms with Crippen LogP contribution in [-0.2, 0) is 20.4 Å². The highest BCUT2D eigenvalue weighted by Crippen LogP contribution is 2.29. The first-order valence-electron chi connectivity index (χ1n) is 8.84. The highest BCUT2D eigenvalue weighted by molar-refractivity contribution is 7.92. The molecule has 140 valence electrons. The Morgan fingerprint density at radius 1 is 1.23 bits per heavy atom. The Labute approximate surface area is 158 Å². The largest absolute Gasteiger partial charge is 0.301 e. The summed E-state index contributed by atoms with van der Waals surface area (Å²) in [4.78, 5) is 12.0. The molecule has 0 radical (unpaired) electrons. The highest BCUT2D eigenvalue weighted by atomic mass is 32.2. The summed E-state index contributed by atoms with van der Waals surface area (Å²) in [6.45, 7) is 1.88. The van der Waals surface area contributed by atoms with E-state index in [1.807, 2.05) is 25.1 Å². The van der Waals surface area contributed by atoms with Gasteiger partial charge < -0.3 is 5.32 Å². The smallest absolute Gasteiger partial charge is 0.234 e. The molecule has 0 atom stereocenters. The predicted molar refractivity (Wildman–Crippen MR) is 102 cm³/mol. The van der Waals surface area contributed by atoms with E-state index < -0.39 is 9.84 Å². The fourth-order valence-corrected chi connectivity index (χ4v) is 5.68. The third-order valence-corrected chi connectivity index (χ3v) is 7.73. The Morgan fingerprint density at radius 3 is 2.69 bits per heavy atom. The molecule has 0 bridgehead atoms. The van der Waals surface area contributed by atoms with Gasteiger partial charge in [-0.25, -0.2) is 8.42 Å². The molecule has 26 heavy (non-hydrogen) atoms. The zero-order valence-corrected chi connectivity index (χ0v) is 16.4. The summed E-state index contributed by atoms with van der Waals surface area (Å²) in [5.41, 5.74) is 1.66. The Bertz CT molecular complexity index is 871. The maximum Gasteiger partial charge on any atom is 0.234 e. The number of aryl methyl sites for hydroxylation is 1. The first-order chi connectivity index (χ1) is 12.4. The van der Waals surface area contributed by atoms with Gasteiger partial charge in [0.05, 0.1) is 5.75 Å². The van der Waals surface area contributed by atoms with E-state index in [-0.39, 0.29) is 21.1 Å². The van der Waals surface area contributed by atoms with Crippen molar-refractivity contribution in [1.29, 1.82) is 0 Å². The van der Waals surface area contributed by atoms with E-state index in [4.69, 9.17) is 0 Å². The number of benzene rings is 1. The summed E-state index contributed by atoms with van der Waals surface area (Å²) in [5, 5.41) is 10.5. The predicted octanol–water partition coefficient (Wildman–Crippen LogP) is 3.73. The van der Waals surface area contributed by atoms with Crippen molar-refractivity contribution in [3.63, 3.8) is 0 Å². The second-order valence-electron chi connectivity index (χ2n) is 6.80. The molecule has 0 spiro atoms. The van der Waals surface area contributed by atoms with E-state index in [9.17, 15) is 13.2 Å². The Kier molecular flexibility index (Phi) is 6.03. The van der Waals surface area contributed by atoms with Crippen LogP contribution in [-0.4, -0.2) is 24.5 Å². The molecule has 1 amide bonds. The van der Waals surface area contributed by atoms with Crippen molar-refractivity contribution < 1.29 is 13.2 Å². The molecule has 0 saturated heterocycles. The third kappa shape index (κ3) is 4.88. The number of anilines is 1. The van der Waals surface area contributed by atoms with E-state index in [2.05, 4.69) is 15.5 Å². The maximum atomic E-state index is 12.5. The summed E-state index contributed by atoms with van der Waals surface area (Å²) < 4.78 is 25.0. The van der Waals surface area contributed by atoms with Crippen LogP contribution in [0.4, 0.5) is 5.13 Å². The minimum Gasteiger partial charge on any atom is -0.301 e. The van der Waals surface area contributed by atoms with Crippen LogP contribution in [0.15, 0.2) is 28.6 Å². The SMILES string of the molecule is Cc1ccccc1CS(=O)(=O)c1nnc(NC(=O)CCC2CCCC2)s1. The van der Waals surface area contributed by atoms with Crippen LogP contribution in [0.2, 0.25) is 0 Å². The van der Waals surface area contributed by atoms with Gasteiger partial charge in [0.15, 0.2) is 0 Å². The van der Waals surface area contributed by atoms with Gasteiger partial charge in [-0.2, -0.15) is 0 Å². The van der Waals surface area contributed by atoms with E-state index in [0.29, 0.717) is 12.3 Å². The van der Waals surface area contributed by atoms with Crippen molar-refractivity contribution in [3.05, 3.63) is 35.4 Å². The molecule has 1 fully saturated rings. The fraction of sp³-hybridized carbons (Fsp3) is 0.500. The molecule has 1 saturated carbocycles. The van der Waals surface area contributed by atoms with Crippen molar-refractivity contribution in [3.8, 4) is 0 Å². The summed E-state index contributed by atoms with van der Waals surface area (Å²) in [6.07, 6.45) is 6.23. The Hall–Kier alpha value is -1.80. The van der Waals surface area contributed by atoms with Crippen LogP contribution < -0.4 is 5.32 Å². The van der Waals surface area contributed by atoms with Crippen molar-refractivity contribution in [2.45, 2.75) is 55.5 Å². The average Bonchev–Trinajstić information content (AvgIpc) is 3.27. The van der Waals surface area contributed by atoms with Gasteiger partial charge in [-0.3, -0.25) is 4.79 Å². The van der Waals surface area contributed by atoms with E-state index in [1.165, 1.54) is 25.7 Å². The van der Waals surface area contributed by atoms with Gasteiger partial charge >= 0.3 is 0 Å². The lowest BCUT2D eigenvalue weighted by atomic mass is 10.0. The number of hydrogen-bond donors (Lipinski definition) is 1. The third-order valence-electron chi connectivity index (χ3n) is 4.78. The summed E-state index contributed by atoms with van der Waals surface area (Å²) >= 11 is 0.909. The highest BCUT2D eigenvalue weighted by Gasteiger charge is 2.23. The number of hydrogen-bond acceptors (Lipinski definition) is 6. The minimum absolute atomic E-state index is 0.0631.